The lowest BCUT2D eigenvalue weighted by Crippen LogP contribution is -2.21. The van der Waals surface area contributed by atoms with Gasteiger partial charge in [-0.2, -0.15) is 5.10 Å². The summed E-state index contributed by atoms with van der Waals surface area (Å²) in [6.07, 6.45) is 1.65. The third-order valence-electron chi connectivity index (χ3n) is 3.84. The fraction of sp³-hybridized carbons (Fsp3) is 0.158. The second-order valence-electron chi connectivity index (χ2n) is 5.72. The molecule has 1 N–H and O–H groups in total. The first kappa shape index (κ1) is 16.5. The molecule has 2 aromatic carbocycles. The van der Waals surface area contributed by atoms with E-state index in [2.05, 4.69) is 75.7 Å². The normalized spacial score (nSPS) is 10.6. The number of rotatable bonds is 4. The second-order valence-corrected chi connectivity index (χ2v) is 6.52. The van der Waals surface area contributed by atoms with Gasteiger partial charge in [-0.25, -0.2) is 4.68 Å². The fourth-order valence-electron chi connectivity index (χ4n) is 2.52. The van der Waals surface area contributed by atoms with E-state index in [0.717, 1.165) is 5.56 Å². The standard InChI is InChI=1S/C19H18BrN3O/c1-13-5-3-7-15(9-13)16-8-4-6-14(10-16)11-21-17-12-22-23(2)19(24)18(17)20/h3-10,12,21H,11H2,1-2H3. The Balaban J connectivity index is 1.81. The van der Waals surface area contributed by atoms with Crippen LogP contribution in [0.1, 0.15) is 11.1 Å². The Kier molecular flexibility index (Phi) is 4.81. The zero-order chi connectivity index (χ0) is 17.1. The molecule has 1 heterocycles. The molecule has 0 bridgehead atoms. The van der Waals surface area contributed by atoms with Gasteiger partial charge in [-0.15, -0.1) is 0 Å². The minimum Gasteiger partial charge on any atom is -0.379 e. The smallest absolute Gasteiger partial charge is 0.282 e. The van der Waals surface area contributed by atoms with E-state index in [0.29, 0.717) is 16.7 Å². The molecule has 0 aliphatic heterocycles. The molecule has 0 radical (unpaired) electrons. The van der Waals surface area contributed by atoms with Crippen LogP contribution in [-0.4, -0.2) is 9.78 Å². The van der Waals surface area contributed by atoms with Gasteiger partial charge in [0.05, 0.1) is 11.9 Å². The van der Waals surface area contributed by atoms with Gasteiger partial charge < -0.3 is 5.32 Å². The minimum absolute atomic E-state index is 0.159. The summed E-state index contributed by atoms with van der Waals surface area (Å²) >= 11 is 3.33. The number of aryl methyl sites for hydroxylation is 2. The molecule has 0 atom stereocenters. The van der Waals surface area contributed by atoms with Crippen LogP contribution in [0.5, 0.6) is 0 Å². The van der Waals surface area contributed by atoms with E-state index >= 15 is 0 Å². The van der Waals surface area contributed by atoms with Gasteiger partial charge in [0.25, 0.3) is 5.56 Å². The third-order valence-corrected chi connectivity index (χ3v) is 4.61. The molecule has 3 rings (SSSR count). The molecule has 1 aromatic heterocycles. The Morgan fingerprint density at radius 2 is 1.83 bits per heavy atom. The summed E-state index contributed by atoms with van der Waals surface area (Å²) < 4.78 is 1.79. The van der Waals surface area contributed by atoms with Crippen molar-refractivity contribution >= 4 is 21.6 Å². The molecule has 4 nitrogen and oxygen atoms in total. The van der Waals surface area contributed by atoms with Crippen LogP contribution < -0.4 is 10.9 Å². The first-order chi connectivity index (χ1) is 11.5. The van der Waals surface area contributed by atoms with Gasteiger partial charge in [-0.3, -0.25) is 4.79 Å². The quantitative estimate of drug-likeness (QED) is 0.736. The number of nitrogens with one attached hydrogen (secondary N) is 1. The van der Waals surface area contributed by atoms with Crippen molar-refractivity contribution in [3.63, 3.8) is 0 Å². The van der Waals surface area contributed by atoms with Gasteiger partial charge in [-0.05, 0) is 45.6 Å². The maximum Gasteiger partial charge on any atom is 0.282 e. The summed E-state index contributed by atoms with van der Waals surface area (Å²) in [5.74, 6) is 0. The van der Waals surface area contributed by atoms with E-state index in [1.807, 2.05) is 6.07 Å². The van der Waals surface area contributed by atoms with Crippen molar-refractivity contribution in [2.24, 2.45) is 7.05 Å². The van der Waals surface area contributed by atoms with Gasteiger partial charge in [0.15, 0.2) is 0 Å². The summed E-state index contributed by atoms with van der Waals surface area (Å²) in [5, 5.41) is 7.30. The predicted molar refractivity (Wildman–Crippen MR) is 101 cm³/mol. The van der Waals surface area contributed by atoms with E-state index < -0.39 is 0 Å². The van der Waals surface area contributed by atoms with Crippen LogP contribution in [0.4, 0.5) is 5.69 Å². The molecule has 0 saturated heterocycles. The molecule has 0 aliphatic carbocycles. The fourth-order valence-corrected chi connectivity index (χ4v) is 3.02. The zero-order valence-corrected chi connectivity index (χ0v) is 15.2. The molecule has 122 valence electrons. The zero-order valence-electron chi connectivity index (χ0n) is 13.6. The highest BCUT2D eigenvalue weighted by atomic mass is 79.9. The largest absolute Gasteiger partial charge is 0.379 e. The second kappa shape index (κ2) is 7.01. The third kappa shape index (κ3) is 3.57. The predicted octanol–water partition coefficient (Wildman–Crippen LogP) is 4.13. The molecule has 5 heteroatoms. The Bertz CT molecular complexity index is 934. The molecule has 3 aromatic rings. The molecule has 24 heavy (non-hydrogen) atoms. The molecule has 0 unspecified atom stereocenters. The molecule has 0 amide bonds. The van der Waals surface area contributed by atoms with Crippen molar-refractivity contribution in [2.45, 2.75) is 13.5 Å². The summed E-state index contributed by atoms with van der Waals surface area (Å²) in [6.45, 7) is 2.71. The number of anilines is 1. The molecule has 0 aliphatic rings. The monoisotopic (exact) mass is 383 g/mol. The first-order valence-corrected chi connectivity index (χ1v) is 8.45. The van der Waals surface area contributed by atoms with Crippen molar-refractivity contribution < 1.29 is 0 Å². The Hall–Kier alpha value is -2.40. The number of benzene rings is 2. The van der Waals surface area contributed by atoms with Gasteiger partial charge in [-0.1, -0.05) is 48.0 Å². The SMILES string of the molecule is Cc1cccc(-c2cccc(CNc3cnn(C)c(=O)c3Br)c2)c1. The van der Waals surface area contributed by atoms with Gasteiger partial charge >= 0.3 is 0 Å². The van der Waals surface area contributed by atoms with Crippen LogP contribution in [0.3, 0.4) is 0 Å². The highest BCUT2D eigenvalue weighted by molar-refractivity contribution is 9.10. The van der Waals surface area contributed by atoms with Crippen LogP contribution in [-0.2, 0) is 13.6 Å². The van der Waals surface area contributed by atoms with Gasteiger partial charge in [0.2, 0.25) is 0 Å². The van der Waals surface area contributed by atoms with Crippen LogP contribution >= 0.6 is 15.9 Å². The molecular formula is C19H18BrN3O. The Morgan fingerprint density at radius 3 is 2.58 bits per heavy atom. The Morgan fingerprint density at radius 1 is 1.12 bits per heavy atom. The van der Waals surface area contributed by atoms with Crippen molar-refractivity contribution in [1.82, 2.24) is 9.78 Å². The summed E-state index contributed by atoms with van der Waals surface area (Å²) in [5.41, 5.74) is 5.30. The van der Waals surface area contributed by atoms with Crippen molar-refractivity contribution in [1.29, 1.82) is 0 Å². The number of aromatic nitrogens is 2. The van der Waals surface area contributed by atoms with Gasteiger partial charge in [0.1, 0.15) is 4.47 Å². The van der Waals surface area contributed by atoms with Crippen LogP contribution in [0.2, 0.25) is 0 Å². The topological polar surface area (TPSA) is 46.9 Å². The van der Waals surface area contributed by atoms with E-state index in [-0.39, 0.29) is 5.56 Å². The summed E-state index contributed by atoms with van der Waals surface area (Å²) in [7, 11) is 1.63. The van der Waals surface area contributed by atoms with Crippen molar-refractivity contribution in [2.75, 3.05) is 5.32 Å². The number of hydrogen-bond donors (Lipinski definition) is 1. The Labute approximate surface area is 149 Å². The van der Waals surface area contributed by atoms with Crippen LogP contribution in [0, 0.1) is 6.92 Å². The lowest BCUT2D eigenvalue weighted by molar-refractivity contribution is 0.703. The average Bonchev–Trinajstić information content (AvgIpc) is 2.59. The van der Waals surface area contributed by atoms with Gasteiger partial charge in [0, 0.05) is 13.6 Å². The van der Waals surface area contributed by atoms with Crippen molar-refractivity contribution in [3.05, 3.63) is 80.7 Å². The lowest BCUT2D eigenvalue weighted by Gasteiger charge is -2.10. The first-order valence-electron chi connectivity index (χ1n) is 7.66. The highest BCUT2D eigenvalue weighted by Gasteiger charge is 2.07. The van der Waals surface area contributed by atoms with Crippen LogP contribution in [0.25, 0.3) is 11.1 Å². The van der Waals surface area contributed by atoms with Crippen molar-refractivity contribution in [3.8, 4) is 11.1 Å². The number of halogens is 1. The van der Waals surface area contributed by atoms with Crippen LogP contribution in [0.15, 0.2) is 64.0 Å². The highest BCUT2D eigenvalue weighted by Crippen LogP contribution is 2.22. The summed E-state index contributed by atoms with van der Waals surface area (Å²) in [6, 6.07) is 16.8. The molecular weight excluding hydrogens is 366 g/mol. The maximum absolute atomic E-state index is 11.9. The number of nitrogens with zero attached hydrogens (tertiary/aromatic N) is 2. The average molecular weight is 384 g/mol. The summed E-state index contributed by atoms with van der Waals surface area (Å²) in [4.78, 5) is 11.9. The lowest BCUT2D eigenvalue weighted by atomic mass is 10.0. The molecule has 0 saturated carbocycles. The molecule has 0 spiro atoms. The maximum atomic E-state index is 11.9. The van der Waals surface area contributed by atoms with E-state index in [1.54, 1.807) is 13.2 Å². The number of hydrogen-bond acceptors (Lipinski definition) is 3. The molecule has 0 fully saturated rings. The van der Waals surface area contributed by atoms with E-state index in [4.69, 9.17) is 0 Å². The van der Waals surface area contributed by atoms with E-state index in [9.17, 15) is 4.79 Å². The minimum atomic E-state index is -0.159. The van der Waals surface area contributed by atoms with E-state index in [1.165, 1.54) is 21.4 Å².